The van der Waals surface area contributed by atoms with Crippen LogP contribution in [0, 0.1) is 0 Å². The lowest BCUT2D eigenvalue weighted by molar-refractivity contribution is 0.409. The van der Waals surface area contributed by atoms with Gasteiger partial charge in [0.25, 0.3) is 0 Å². The quantitative estimate of drug-likeness (QED) is 0.902. The Hall–Kier alpha value is -0.350. The molecule has 1 fully saturated rings. The lowest BCUT2D eigenvalue weighted by atomic mass is 9.84. The maximum atomic E-state index is 4.52. The van der Waals surface area contributed by atoms with E-state index in [0.717, 1.165) is 19.5 Å². The SMILES string of the molecule is CCCn1ncc(Br)c1C1(C)CCC(NCC)C1. The molecule has 2 unspecified atom stereocenters. The van der Waals surface area contributed by atoms with Gasteiger partial charge in [0.05, 0.1) is 16.4 Å². The third kappa shape index (κ3) is 2.64. The Balaban J connectivity index is 2.22. The molecule has 102 valence electrons. The molecule has 0 bridgehead atoms. The first kappa shape index (κ1) is 14.1. The van der Waals surface area contributed by atoms with Crippen LogP contribution in [0.25, 0.3) is 0 Å². The molecule has 1 aromatic rings. The van der Waals surface area contributed by atoms with E-state index in [0.29, 0.717) is 6.04 Å². The van der Waals surface area contributed by atoms with Gasteiger partial charge in [0, 0.05) is 18.0 Å². The number of hydrogen-bond acceptors (Lipinski definition) is 2. The van der Waals surface area contributed by atoms with Crippen molar-refractivity contribution in [1.29, 1.82) is 0 Å². The summed E-state index contributed by atoms with van der Waals surface area (Å²) < 4.78 is 3.37. The second-order valence-electron chi connectivity index (χ2n) is 5.62. The van der Waals surface area contributed by atoms with E-state index in [1.807, 2.05) is 6.20 Å². The van der Waals surface area contributed by atoms with Crippen LogP contribution in [0.2, 0.25) is 0 Å². The molecule has 1 saturated carbocycles. The summed E-state index contributed by atoms with van der Waals surface area (Å²) >= 11 is 3.69. The lowest BCUT2D eigenvalue weighted by Crippen LogP contribution is -2.30. The number of nitrogens with one attached hydrogen (secondary N) is 1. The molecule has 3 nitrogen and oxygen atoms in total. The van der Waals surface area contributed by atoms with Crippen molar-refractivity contribution in [3.05, 3.63) is 16.4 Å². The maximum Gasteiger partial charge on any atom is 0.0635 e. The molecule has 18 heavy (non-hydrogen) atoms. The third-order valence-corrected chi connectivity index (χ3v) is 4.62. The first-order valence-corrected chi connectivity index (χ1v) is 7.85. The summed E-state index contributed by atoms with van der Waals surface area (Å²) in [5, 5.41) is 8.10. The second-order valence-corrected chi connectivity index (χ2v) is 6.48. The van der Waals surface area contributed by atoms with E-state index in [2.05, 4.69) is 51.8 Å². The number of nitrogens with zero attached hydrogens (tertiary/aromatic N) is 2. The fraction of sp³-hybridized carbons (Fsp3) is 0.786. The van der Waals surface area contributed by atoms with E-state index in [1.165, 1.54) is 29.4 Å². The Bertz CT molecular complexity index is 402. The zero-order valence-electron chi connectivity index (χ0n) is 11.7. The highest BCUT2D eigenvalue weighted by atomic mass is 79.9. The van der Waals surface area contributed by atoms with Gasteiger partial charge in [-0.3, -0.25) is 4.68 Å². The van der Waals surface area contributed by atoms with Crippen LogP contribution in [-0.2, 0) is 12.0 Å². The molecule has 2 rings (SSSR count). The van der Waals surface area contributed by atoms with Crippen LogP contribution in [-0.4, -0.2) is 22.4 Å². The number of rotatable bonds is 5. The highest BCUT2D eigenvalue weighted by Crippen LogP contribution is 2.43. The Morgan fingerprint density at radius 1 is 1.56 bits per heavy atom. The van der Waals surface area contributed by atoms with Crippen LogP contribution >= 0.6 is 15.9 Å². The Kier molecular flexibility index (Phi) is 4.49. The summed E-state index contributed by atoms with van der Waals surface area (Å²) in [4.78, 5) is 0. The molecule has 0 spiro atoms. The molecule has 1 aromatic heterocycles. The van der Waals surface area contributed by atoms with Gasteiger partial charge in [-0.25, -0.2) is 0 Å². The molecule has 1 N–H and O–H groups in total. The smallest absolute Gasteiger partial charge is 0.0635 e. The molecular weight excluding hydrogens is 290 g/mol. The molecule has 1 heterocycles. The van der Waals surface area contributed by atoms with Gasteiger partial charge < -0.3 is 5.32 Å². The number of halogens is 1. The van der Waals surface area contributed by atoms with E-state index in [4.69, 9.17) is 0 Å². The van der Waals surface area contributed by atoms with E-state index < -0.39 is 0 Å². The van der Waals surface area contributed by atoms with Crippen molar-refractivity contribution in [2.75, 3.05) is 6.54 Å². The highest BCUT2D eigenvalue weighted by molar-refractivity contribution is 9.10. The van der Waals surface area contributed by atoms with Crippen LogP contribution < -0.4 is 5.32 Å². The van der Waals surface area contributed by atoms with Crippen LogP contribution in [0.5, 0.6) is 0 Å². The van der Waals surface area contributed by atoms with Crippen LogP contribution in [0.1, 0.15) is 52.1 Å². The molecule has 1 aliphatic carbocycles. The van der Waals surface area contributed by atoms with Gasteiger partial charge in [0.2, 0.25) is 0 Å². The third-order valence-electron chi connectivity index (χ3n) is 4.04. The Labute approximate surface area is 118 Å². The molecule has 0 saturated heterocycles. The van der Waals surface area contributed by atoms with Crippen molar-refractivity contribution in [1.82, 2.24) is 15.1 Å². The zero-order chi connectivity index (χ0) is 13.2. The van der Waals surface area contributed by atoms with Gasteiger partial charge in [-0.15, -0.1) is 0 Å². The topological polar surface area (TPSA) is 29.9 Å². The van der Waals surface area contributed by atoms with Crippen molar-refractivity contribution in [3.8, 4) is 0 Å². The largest absolute Gasteiger partial charge is 0.314 e. The standard InChI is InChI=1S/C14H24BrN3/c1-4-8-18-13(12(15)10-17-18)14(3)7-6-11(9-14)16-5-2/h10-11,16H,4-9H2,1-3H3. The van der Waals surface area contributed by atoms with E-state index in [9.17, 15) is 0 Å². The molecule has 2 atom stereocenters. The Morgan fingerprint density at radius 3 is 3.00 bits per heavy atom. The normalized spacial score (nSPS) is 27.9. The maximum absolute atomic E-state index is 4.52. The first-order valence-electron chi connectivity index (χ1n) is 7.06. The van der Waals surface area contributed by atoms with Gasteiger partial charge in [0.1, 0.15) is 0 Å². The number of aryl methyl sites for hydroxylation is 1. The minimum absolute atomic E-state index is 0.261. The summed E-state index contributed by atoms with van der Waals surface area (Å²) in [5.74, 6) is 0. The van der Waals surface area contributed by atoms with Gasteiger partial charge in [-0.1, -0.05) is 20.8 Å². The number of aromatic nitrogens is 2. The minimum Gasteiger partial charge on any atom is -0.314 e. The van der Waals surface area contributed by atoms with Crippen molar-refractivity contribution in [3.63, 3.8) is 0 Å². The summed E-state index contributed by atoms with van der Waals surface area (Å²) in [7, 11) is 0. The molecular formula is C14H24BrN3. The lowest BCUT2D eigenvalue weighted by Gasteiger charge is -2.26. The van der Waals surface area contributed by atoms with Gasteiger partial charge in [-0.2, -0.15) is 5.10 Å². The second kappa shape index (κ2) is 5.74. The fourth-order valence-electron chi connectivity index (χ4n) is 3.26. The summed E-state index contributed by atoms with van der Waals surface area (Å²) in [6.07, 6.45) is 6.83. The van der Waals surface area contributed by atoms with E-state index in [1.54, 1.807) is 0 Å². The predicted octanol–water partition coefficient (Wildman–Crippen LogP) is 3.48. The summed E-state index contributed by atoms with van der Waals surface area (Å²) in [5.41, 5.74) is 1.65. The van der Waals surface area contributed by atoms with Gasteiger partial charge in [-0.05, 0) is 48.2 Å². The van der Waals surface area contributed by atoms with E-state index >= 15 is 0 Å². The van der Waals surface area contributed by atoms with Crippen molar-refractivity contribution >= 4 is 15.9 Å². The van der Waals surface area contributed by atoms with Crippen LogP contribution in [0.4, 0.5) is 0 Å². The molecule has 0 radical (unpaired) electrons. The summed E-state index contributed by atoms with van der Waals surface area (Å²) in [6, 6.07) is 0.664. The average Bonchev–Trinajstić information content (AvgIpc) is 2.86. The van der Waals surface area contributed by atoms with Crippen LogP contribution in [0.15, 0.2) is 10.7 Å². The van der Waals surface area contributed by atoms with Crippen molar-refractivity contribution in [2.45, 2.75) is 64.5 Å². The molecule has 0 aliphatic heterocycles. The predicted molar refractivity (Wildman–Crippen MR) is 78.9 cm³/mol. The number of hydrogen-bond donors (Lipinski definition) is 1. The van der Waals surface area contributed by atoms with Crippen LogP contribution in [0.3, 0.4) is 0 Å². The fourth-order valence-corrected chi connectivity index (χ4v) is 4.04. The molecule has 0 aromatic carbocycles. The van der Waals surface area contributed by atoms with Gasteiger partial charge >= 0.3 is 0 Å². The van der Waals surface area contributed by atoms with Crippen molar-refractivity contribution < 1.29 is 0 Å². The average molecular weight is 314 g/mol. The highest BCUT2D eigenvalue weighted by Gasteiger charge is 2.39. The first-order chi connectivity index (χ1) is 8.60. The Morgan fingerprint density at radius 2 is 2.33 bits per heavy atom. The molecule has 4 heteroatoms. The van der Waals surface area contributed by atoms with Crippen molar-refractivity contribution in [2.24, 2.45) is 0 Å². The summed E-state index contributed by atoms with van der Waals surface area (Å²) in [6.45, 7) is 8.86. The molecule has 0 amide bonds. The minimum atomic E-state index is 0.261. The van der Waals surface area contributed by atoms with Gasteiger partial charge in [0.15, 0.2) is 0 Å². The van der Waals surface area contributed by atoms with E-state index in [-0.39, 0.29) is 5.41 Å². The molecule has 1 aliphatic rings. The monoisotopic (exact) mass is 313 g/mol. The zero-order valence-corrected chi connectivity index (χ0v) is 13.3.